The number of rotatable bonds is 2. The lowest BCUT2D eigenvalue weighted by molar-refractivity contribution is -0.217. The van der Waals surface area contributed by atoms with E-state index in [0.717, 1.165) is 44.1 Å². The van der Waals surface area contributed by atoms with Gasteiger partial charge in [-0.1, -0.05) is 26.5 Å². The first-order chi connectivity index (χ1) is 13.7. The van der Waals surface area contributed by atoms with E-state index in [1.54, 1.807) is 0 Å². The van der Waals surface area contributed by atoms with Gasteiger partial charge in [-0.25, -0.2) is 0 Å². The van der Waals surface area contributed by atoms with E-state index in [-0.39, 0.29) is 35.1 Å². The summed E-state index contributed by atoms with van der Waals surface area (Å²) in [6.45, 7) is 10.4. The van der Waals surface area contributed by atoms with Crippen molar-refractivity contribution in [2.45, 2.75) is 89.9 Å². The molecular formula is C25H36O4. The van der Waals surface area contributed by atoms with Gasteiger partial charge >= 0.3 is 5.97 Å². The van der Waals surface area contributed by atoms with Crippen LogP contribution < -0.4 is 0 Å². The van der Waals surface area contributed by atoms with Gasteiger partial charge in [0.15, 0.2) is 0 Å². The van der Waals surface area contributed by atoms with Gasteiger partial charge in [-0.2, -0.15) is 0 Å². The van der Waals surface area contributed by atoms with Crippen LogP contribution >= 0.6 is 0 Å². The number of carbonyl (C=O) groups is 1. The summed E-state index contributed by atoms with van der Waals surface area (Å²) < 4.78 is 12.6. The second-order valence-corrected chi connectivity index (χ2v) is 11.0. The van der Waals surface area contributed by atoms with Gasteiger partial charge in [0.1, 0.15) is 11.7 Å². The lowest BCUT2D eigenvalue weighted by Crippen LogP contribution is -2.63. The van der Waals surface area contributed by atoms with Crippen molar-refractivity contribution in [3.8, 4) is 0 Å². The summed E-state index contributed by atoms with van der Waals surface area (Å²) in [5.41, 5.74) is 1.10. The third kappa shape index (κ3) is 2.44. The fourth-order valence-electron chi connectivity index (χ4n) is 8.78. The van der Waals surface area contributed by atoms with E-state index in [2.05, 4.69) is 20.4 Å². The van der Waals surface area contributed by atoms with Crippen LogP contribution in [0.1, 0.15) is 72.1 Å². The van der Waals surface area contributed by atoms with Gasteiger partial charge in [0.05, 0.1) is 12.4 Å². The maximum absolute atomic E-state index is 11.9. The number of aliphatic hydroxyl groups excluding tert-OH is 1. The predicted octanol–water partition coefficient (Wildman–Crippen LogP) is 4.77. The van der Waals surface area contributed by atoms with Gasteiger partial charge in [-0.3, -0.25) is 4.79 Å². The smallest absolute Gasteiger partial charge is 0.302 e. The molecule has 9 unspecified atom stereocenters. The molecule has 4 nitrogen and oxygen atoms in total. The van der Waals surface area contributed by atoms with Crippen LogP contribution in [0.2, 0.25) is 0 Å². The number of allylic oxidation sites excluding steroid dienone is 1. The van der Waals surface area contributed by atoms with Gasteiger partial charge in [-0.15, -0.1) is 0 Å². The number of ether oxygens (including phenoxy) is 2. The Balaban J connectivity index is 1.56. The van der Waals surface area contributed by atoms with Gasteiger partial charge in [0.2, 0.25) is 0 Å². The first-order valence-electron chi connectivity index (χ1n) is 11.6. The van der Waals surface area contributed by atoms with E-state index in [9.17, 15) is 9.90 Å². The Bertz CT molecular complexity index is 758. The summed E-state index contributed by atoms with van der Waals surface area (Å²) >= 11 is 0. The molecule has 0 aromatic heterocycles. The van der Waals surface area contributed by atoms with Crippen molar-refractivity contribution in [1.29, 1.82) is 0 Å². The van der Waals surface area contributed by atoms with Gasteiger partial charge in [-0.05, 0) is 67.8 Å². The Labute approximate surface area is 174 Å². The summed E-state index contributed by atoms with van der Waals surface area (Å²) in [6, 6.07) is 0. The molecule has 0 radical (unpaired) electrons. The average Bonchev–Trinajstić information content (AvgIpc) is 2.80. The summed E-state index contributed by atoms with van der Waals surface area (Å²) in [4.78, 5) is 11.9. The van der Waals surface area contributed by atoms with Crippen LogP contribution in [0, 0.1) is 34.5 Å². The lowest BCUT2D eigenvalue weighted by Gasteiger charge is -2.65. The second-order valence-electron chi connectivity index (χ2n) is 11.0. The van der Waals surface area contributed by atoms with E-state index in [0.29, 0.717) is 23.2 Å². The van der Waals surface area contributed by atoms with E-state index in [4.69, 9.17) is 9.47 Å². The third-order valence-electron chi connectivity index (χ3n) is 10.1. The van der Waals surface area contributed by atoms with Gasteiger partial charge in [0.25, 0.3) is 0 Å². The lowest BCUT2D eigenvalue weighted by atomic mass is 9.43. The molecule has 0 spiro atoms. The Kier molecular flexibility index (Phi) is 4.31. The van der Waals surface area contributed by atoms with Crippen molar-refractivity contribution >= 4 is 5.97 Å². The van der Waals surface area contributed by atoms with Crippen LogP contribution in [0.15, 0.2) is 24.5 Å². The van der Waals surface area contributed by atoms with E-state index < -0.39 is 0 Å². The highest BCUT2D eigenvalue weighted by molar-refractivity contribution is 5.66. The van der Waals surface area contributed by atoms with E-state index in [1.807, 2.05) is 12.3 Å². The fourth-order valence-corrected chi connectivity index (χ4v) is 8.78. The molecule has 1 aliphatic heterocycles. The van der Waals surface area contributed by atoms with Crippen LogP contribution in [-0.4, -0.2) is 28.9 Å². The van der Waals surface area contributed by atoms with Crippen molar-refractivity contribution in [2.75, 3.05) is 0 Å². The van der Waals surface area contributed by atoms with Crippen LogP contribution in [-0.2, 0) is 14.3 Å². The summed E-state index contributed by atoms with van der Waals surface area (Å²) in [6.07, 6.45) is 12.1. The molecule has 5 aliphatic rings. The minimum Gasteiger partial charge on any atom is -0.494 e. The maximum Gasteiger partial charge on any atom is 0.302 e. The van der Waals surface area contributed by atoms with E-state index >= 15 is 0 Å². The van der Waals surface area contributed by atoms with Gasteiger partial charge < -0.3 is 14.6 Å². The van der Waals surface area contributed by atoms with Crippen LogP contribution in [0.4, 0.5) is 0 Å². The van der Waals surface area contributed by atoms with E-state index in [1.165, 1.54) is 19.8 Å². The fraction of sp³-hybridized carbons (Fsp3) is 0.800. The summed E-state index contributed by atoms with van der Waals surface area (Å²) in [5.74, 6) is 1.71. The monoisotopic (exact) mass is 400 g/mol. The number of hydrogen-bond donors (Lipinski definition) is 1. The molecule has 0 aromatic rings. The Hall–Kier alpha value is -1.29. The number of fused-ring (bicyclic) bond motifs is 3. The molecule has 5 rings (SSSR count). The van der Waals surface area contributed by atoms with Crippen LogP contribution in [0.25, 0.3) is 0 Å². The average molecular weight is 401 g/mol. The molecule has 1 heterocycles. The zero-order valence-corrected chi connectivity index (χ0v) is 18.2. The molecule has 2 bridgehead atoms. The molecule has 4 heteroatoms. The SMILES string of the molecule is C=CC1=COC23CC(OC(C)=O)C1C2(C)CCC1C3CCC2CC(O)CCC21C. The third-order valence-corrected chi connectivity index (χ3v) is 10.1. The Morgan fingerprint density at radius 1 is 1.24 bits per heavy atom. The number of hydrogen-bond acceptors (Lipinski definition) is 4. The van der Waals surface area contributed by atoms with Crippen LogP contribution in [0.3, 0.4) is 0 Å². The molecule has 4 saturated carbocycles. The van der Waals surface area contributed by atoms with Crippen molar-refractivity contribution in [1.82, 2.24) is 0 Å². The molecule has 0 amide bonds. The molecule has 1 N–H and O–H groups in total. The predicted molar refractivity (Wildman–Crippen MR) is 111 cm³/mol. The number of carbonyl (C=O) groups excluding carboxylic acids is 1. The minimum absolute atomic E-state index is 0.0239. The molecule has 0 saturated heterocycles. The normalized spacial score (nSPS) is 52.9. The van der Waals surface area contributed by atoms with Crippen molar-refractivity contribution in [2.24, 2.45) is 34.5 Å². The molecule has 160 valence electrons. The Morgan fingerprint density at radius 3 is 2.76 bits per heavy atom. The largest absolute Gasteiger partial charge is 0.494 e. The van der Waals surface area contributed by atoms with Crippen molar-refractivity contribution < 1.29 is 19.4 Å². The van der Waals surface area contributed by atoms with Crippen molar-refractivity contribution in [3.05, 3.63) is 24.5 Å². The highest BCUT2D eigenvalue weighted by atomic mass is 16.6. The van der Waals surface area contributed by atoms with Crippen molar-refractivity contribution in [3.63, 3.8) is 0 Å². The zero-order chi connectivity index (χ0) is 20.6. The van der Waals surface area contributed by atoms with Gasteiger partial charge in [0, 0.05) is 30.6 Å². The topological polar surface area (TPSA) is 55.8 Å². The molecule has 29 heavy (non-hydrogen) atoms. The molecule has 4 fully saturated rings. The molecule has 9 atom stereocenters. The first kappa shape index (κ1) is 19.7. The summed E-state index contributed by atoms with van der Waals surface area (Å²) in [5, 5.41) is 10.3. The highest BCUT2D eigenvalue weighted by Crippen LogP contribution is 2.72. The summed E-state index contributed by atoms with van der Waals surface area (Å²) in [7, 11) is 0. The maximum atomic E-state index is 11.9. The first-order valence-corrected chi connectivity index (χ1v) is 11.6. The quantitative estimate of drug-likeness (QED) is 0.679. The molecule has 0 aromatic carbocycles. The Morgan fingerprint density at radius 2 is 2.03 bits per heavy atom. The second kappa shape index (κ2) is 6.35. The van der Waals surface area contributed by atoms with Crippen LogP contribution in [0.5, 0.6) is 0 Å². The standard InChI is InChI=1S/C25H36O4/c1-5-16-14-28-25-13-21(29-15(2)26)22(16)24(25,4)11-9-19-20(25)7-6-17-12-18(27)8-10-23(17,19)3/h5,14,17-22,27H,1,6-13H2,2-4H3. The minimum atomic E-state index is -0.253. The number of esters is 1. The number of aliphatic hydroxyl groups is 1. The molecule has 4 aliphatic carbocycles. The molecular weight excluding hydrogens is 364 g/mol. The zero-order valence-electron chi connectivity index (χ0n) is 18.2. The highest BCUT2D eigenvalue weighted by Gasteiger charge is 2.73.